The van der Waals surface area contributed by atoms with Crippen molar-refractivity contribution in [2.45, 2.75) is 32.4 Å². The maximum atomic E-state index is 12.4. The van der Waals surface area contributed by atoms with E-state index in [1.165, 1.54) is 11.1 Å². The van der Waals surface area contributed by atoms with Crippen LogP contribution in [0.5, 0.6) is 11.5 Å². The fourth-order valence-electron chi connectivity index (χ4n) is 3.28. The van der Waals surface area contributed by atoms with E-state index in [0.717, 1.165) is 23.5 Å². The Morgan fingerprint density at radius 2 is 1.75 bits per heavy atom. The summed E-state index contributed by atoms with van der Waals surface area (Å²) in [6.07, 6.45) is 1.02. The first-order chi connectivity index (χ1) is 13.5. The maximum absolute atomic E-state index is 12.4. The van der Waals surface area contributed by atoms with E-state index in [4.69, 9.17) is 9.47 Å². The van der Waals surface area contributed by atoms with Gasteiger partial charge in [0.25, 0.3) is 0 Å². The fraction of sp³-hybridized carbons (Fsp3) is 0.409. The minimum atomic E-state index is -0.192. The molecular formula is C22H29N3O3. The van der Waals surface area contributed by atoms with E-state index in [1.807, 2.05) is 39.2 Å². The van der Waals surface area contributed by atoms with E-state index in [9.17, 15) is 4.79 Å². The van der Waals surface area contributed by atoms with Crippen molar-refractivity contribution in [1.82, 2.24) is 15.5 Å². The van der Waals surface area contributed by atoms with Crippen LogP contribution in [0.3, 0.4) is 0 Å². The Morgan fingerprint density at radius 3 is 2.43 bits per heavy atom. The highest BCUT2D eigenvalue weighted by Crippen LogP contribution is 2.34. The number of nitrogens with zero attached hydrogens (tertiary/aromatic N) is 1. The van der Waals surface area contributed by atoms with E-state index in [2.05, 4.69) is 46.7 Å². The van der Waals surface area contributed by atoms with Crippen molar-refractivity contribution in [1.29, 1.82) is 0 Å². The van der Waals surface area contributed by atoms with Gasteiger partial charge in [0.15, 0.2) is 11.5 Å². The first kappa shape index (κ1) is 20.0. The molecule has 2 atom stereocenters. The van der Waals surface area contributed by atoms with Gasteiger partial charge in [0.1, 0.15) is 0 Å². The van der Waals surface area contributed by atoms with Crippen molar-refractivity contribution in [2.75, 3.05) is 27.4 Å². The first-order valence-electron chi connectivity index (χ1n) is 9.67. The topological polar surface area (TPSA) is 62.8 Å². The van der Waals surface area contributed by atoms with Gasteiger partial charge in [-0.15, -0.1) is 0 Å². The highest BCUT2D eigenvalue weighted by atomic mass is 16.7. The van der Waals surface area contributed by atoms with Crippen molar-refractivity contribution in [3.05, 3.63) is 59.2 Å². The van der Waals surface area contributed by atoms with E-state index >= 15 is 0 Å². The largest absolute Gasteiger partial charge is 0.454 e. The highest BCUT2D eigenvalue weighted by molar-refractivity contribution is 5.74. The molecule has 6 nitrogen and oxygen atoms in total. The molecule has 0 saturated carbocycles. The molecule has 150 valence electrons. The van der Waals surface area contributed by atoms with Crippen LogP contribution in [0.25, 0.3) is 0 Å². The van der Waals surface area contributed by atoms with Crippen LogP contribution in [-0.4, -0.2) is 38.4 Å². The van der Waals surface area contributed by atoms with Crippen molar-refractivity contribution in [3.63, 3.8) is 0 Å². The lowest BCUT2D eigenvalue weighted by atomic mass is 10.0. The van der Waals surface area contributed by atoms with Gasteiger partial charge >= 0.3 is 6.03 Å². The second kappa shape index (κ2) is 8.97. The van der Waals surface area contributed by atoms with Gasteiger partial charge in [0.2, 0.25) is 6.79 Å². The molecule has 0 spiro atoms. The molecule has 2 aromatic carbocycles. The Kier molecular flexibility index (Phi) is 6.41. The molecule has 2 N–H and O–H groups in total. The monoisotopic (exact) mass is 383 g/mol. The summed E-state index contributed by atoms with van der Waals surface area (Å²) in [5, 5.41) is 5.98. The maximum Gasteiger partial charge on any atom is 0.315 e. The standard InChI is InChI=1S/C22H29N3O3/c1-5-16-6-8-17(9-7-16)19(25(3)4)13-23-22(26)24-15(2)18-10-11-20-21(12-18)28-14-27-20/h6-12,15,19H,5,13-14H2,1-4H3,(H2,23,24,26). The van der Waals surface area contributed by atoms with Crippen LogP contribution in [0.2, 0.25) is 0 Å². The number of hydrogen-bond acceptors (Lipinski definition) is 4. The number of amides is 2. The predicted octanol–water partition coefficient (Wildman–Crippen LogP) is 3.64. The molecule has 1 aliphatic heterocycles. The quantitative estimate of drug-likeness (QED) is 0.766. The molecule has 2 unspecified atom stereocenters. The van der Waals surface area contributed by atoms with Crippen molar-refractivity contribution in [2.24, 2.45) is 0 Å². The normalized spacial score (nSPS) is 14.6. The van der Waals surface area contributed by atoms with E-state index in [1.54, 1.807) is 0 Å². The van der Waals surface area contributed by atoms with Crippen molar-refractivity contribution >= 4 is 6.03 Å². The summed E-state index contributed by atoms with van der Waals surface area (Å²) in [7, 11) is 4.04. The summed E-state index contributed by atoms with van der Waals surface area (Å²) in [5.74, 6) is 1.46. The zero-order chi connectivity index (χ0) is 20.1. The van der Waals surface area contributed by atoms with Crippen LogP contribution >= 0.6 is 0 Å². The Balaban J connectivity index is 1.56. The lowest BCUT2D eigenvalue weighted by molar-refractivity contribution is 0.174. The Morgan fingerprint density at radius 1 is 1.07 bits per heavy atom. The van der Waals surface area contributed by atoms with Crippen LogP contribution in [0.1, 0.15) is 42.6 Å². The van der Waals surface area contributed by atoms with E-state index in [-0.39, 0.29) is 24.9 Å². The molecule has 2 aromatic rings. The highest BCUT2D eigenvalue weighted by Gasteiger charge is 2.18. The molecule has 0 bridgehead atoms. The number of benzene rings is 2. The number of rotatable bonds is 7. The van der Waals surface area contributed by atoms with Gasteiger partial charge in [-0.2, -0.15) is 0 Å². The minimum absolute atomic E-state index is 0.109. The van der Waals surface area contributed by atoms with Gasteiger partial charge in [-0.25, -0.2) is 4.79 Å². The molecule has 1 aliphatic rings. The summed E-state index contributed by atoms with van der Waals surface area (Å²) in [6, 6.07) is 14.1. The number of nitrogens with one attached hydrogen (secondary N) is 2. The predicted molar refractivity (Wildman–Crippen MR) is 110 cm³/mol. The van der Waals surface area contributed by atoms with Crippen molar-refractivity contribution < 1.29 is 14.3 Å². The number of fused-ring (bicyclic) bond motifs is 1. The summed E-state index contributed by atoms with van der Waals surface area (Å²) in [5.41, 5.74) is 3.47. The van der Waals surface area contributed by atoms with Gasteiger partial charge in [-0.3, -0.25) is 0 Å². The summed E-state index contributed by atoms with van der Waals surface area (Å²) < 4.78 is 10.7. The van der Waals surface area contributed by atoms with Crippen LogP contribution in [0.15, 0.2) is 42.5 Å². The summed E-state index contributed by atoms with van der Waals surface area (Å²) >= 11 is 0. The van der Waals surface area contributed by atoms with Crippen LogP contribution in [0.4, 0.5) is 4.79 Å². The van der Waals surface area contributed by atoms with Crippen molar-refractivity contribution in [3.8, 4) is 11.5 Å². The van der Waals surface area contributed by atoms with Crippen LogP contribution in [0, 0.1) is 0 Å². The Labute approximate surface area is 166 Å². The zero-order valence-corrected chi connectivity index (χ0v) is 17.0. The third-order valence-corrected chi connectivity index (χ3v) is 5.10. The van der Waals surface area contributed by atoms with Gasteiger partial charge < -0.3 is 25.0 Å². The summed E-state index contributed by atoms with van der Waals surface area (Å²) in [4.78, 5) is 14.5. The molecule has 0 fully saturated rings. The van der Waals surface area contributed by atoms with Gasteiger partial charge in [-0.1, -0.05) is 37.3 Å². The molecule has 6 heteroatoms. The van der Waals surface area contributed by atoms with Gasteiger partial charge in [-0.05, 0) is 56.3 Å². The molecule has 0 saturated heterocycles. The number of ether oxygens (including phenoxy) is 2. The van der Waals surface area contributed by atoms with Crippen LogP contribution < -0.4 is 20.1 Å². The number of carbonyl (C=O) groups is 1. The Bertz CT molecular complexity index is 805. The fourth-order valence-corrected chi connectivity index (χ4v) is 3.28. The third kappa shape index (κ3) is 4.75. The average molecular weight is 383 g/mol. The average Bonchev–Trinajstić information content (AvgIpc) is 3.16. The molecule has 3 rings (SSSR count). The smallest absolute Gasteiger partial charge is 0.315 e. The lowest BCUT2D eigenvalue weighted by Gasteiger charge is -2.26. The molecule has 0 aliphatic carbocycles. The second-order valence-electron chi connectivity index (χ2n) is 7.26. The van der Waals surface area contributed by atoms with E-state index in [0.29, 0.717) is 6.54 Å². The SMILES string of the molecule is CCc1ccc(C(CNC(=O)NC(C)c2ccc3c(c2)OCO3)N(C)C)cc1. The molecule has 0 aromatic heterocycles. The van der Waals surface area contributed by atoms with Crippen LogP contribution in [-0.2, 0) is 6.42 Å². The number of urea groups is 1. The molecule has 0 radical (unpaired) electrons. The number of carbonyl (C=O) groups excluding carboxylic acids is 1. The zero-order valence-electron chi connectivity index (χ0n) is 17.0. The number of likely N-dealkylation sites (N-methyl/N-ethyl adjacent to an activating group) is 1. The lowest BCUT2D eigenvalue weighted by Crippen LogP contribution is -2.41. The minimum Gasteiger partial charge on any atom is -0.454 e. The molecule has 1 heterocycles. The molecule has 2 amide bonds. The second-order valence-corrected chi connectivity index (χ2v) is 7.26. The molecular weight excluding hydrogens is 354 g/mol. The molecule has 28 heavy (non-hydrogen) atoms. The number of aryl methyl sites for hydroxylation is 1. The van der Waals surface area contributed by atoms with E-state index < -0.39 is 0 Å². The summed E-state index contributed by atoms with van der Waals surface area (Å²) in [6.45, 7) is 4.86. The Hall–Kier alpha value is -2.73. The first-order valence-corrected chi connectivity index (χ1v) is 9.67. The number of hydrogen-bond donors (Lipinski definition) is 2. The van der Waals surface area contributed by atoms with Gasteiger partial charge in [0.05, 0.1) is 12.1 Å². The van der Waals surface area contributed by atoms with Gasteiger partial charge in [0, 0.05) is 6.54 Å². The third-order valence-electron chi connectivity index (χ3n) is 5.10.